The van der Waals surface area contributed by atoms with Crippen molar-refractivity contribution in [3.05, 3.63) is 29.3 Å². The van der Waals surface area contributed by atoms with E-state index in [9.17, 15) is 4.79 Å². The van der Waals surface area contributed by atoms with Gasteiger partial charge < -0.3 is 14.6 Å². The molecule has 0 aliphatic rings. The molecule has 0 heterocycles. The lowest BCUT2D eigenvalue weighted by molar-refractivity contribution is 0.0696. The number of likely N-dealkylation sites (N-methyl/N-ethyl adjacent to an activating group) is 1. The molecule has 0 fully saturated rings. The Bertz CT molecular complexity index is 447. The first-order valence-electron chi connectivity index (χ1n) is 6.66. The Kier molecular flexibility index (Phi) is 6.48. The summed E-state index contributed by atoms with van der Waals surface area (Å²) in [6.07, 6.45) is 0. The minimum Gasteiger partial charge on any atom is -0.496 e. The fraction of sp³-hybridized carbons (Fsp3) is 0.533. The summed E-state index contributed by atoms with van der Waals surface area (Å²) in [6, 6.07) is 5.18. The van der Waals surface area contributed by atoms with Gasteiger partial charge in [0, 0.05) is 25.3 Å². The maximum Gasteiger partial charge on any atom is 0.335 e. The monoisotopic (exact) mass is 281 g/mol. The molecule has 5 heteroatoms. The summed E-state index contributed by atoms with van der Waals surface area (Å²) in [5.41, 5.74) is 1.15. The van der Waals surface area contributed by atoms with Gasteiger partial charge in [0.2, 0.25) is 0 Å². The number of rotatable bonds is 8. The number of carbonyl (C=O) groups is 1. The highest BCUT2D eigenvalue weighted by Gasteiger charge is 2.16. The molecular weight excluding hydrogens is 258 g/mol. The maximum absolute atomic E-state index is 11.1. The zero-order chi connectivity index (χ0) is 15.1. The number of benzene rings is 1. The van der Waals surface area contributed by atoms with E-state index in [0.29, 0.717) is 18.9 Å². The molecule has 0 amide bonds. The Morgan fingerprint density at radius 3 is 2.60 bits per heavy atom. The number of aromatic carboxylic acids is 1. The van der Waals surface area contributed by atoms with Crippen LogP contribution in [0.3, 0.4) is 0 Å². The van der Waals surface area contributed by atoms with Gasteiger partial charge in [-0.15, -0.1) is 0 Å². The van der Waals surface area contributed by atoms with E-state index in [1.807, 2.05) is 0 Å². The number of hydrogen-bond acceptors (Lipinski definition) is 4. The second kappa shape index (κ2) is 7.87. The van der Waals surface area contributed by atoms with Crippen LogP contribution in [0.25, 0.3) is 0 Å². The largest absolute Gasteiger partial charge is 0.496 e. The molecule has 1 rings (SSSR count). The van der Waals surface area contributed by atoms with Crippen LogP contribution in [0.5, 0.6) is 5.75 Å². The van der Waals surface area contributed by atoms with Crippen molar-refractivity contribution in [1.29, 1.82) is 0 Å². The molecule has 0 bridgehead atoms. The van der Waals surface area contributed by atoms with Crippen LogP contribution in [0.15, 0.2) is 18.2 Å². The number of hydrogen-bond donors (Lipinski definition) is 1. The third-order valence-electron chi connectivity index (χ3n) is 3.34. The predicted octanol–water partition coefficient (Wildman–Crippen LogP) is 2.25. The van der Waals surface area contributed by atoms with Crippen LogP contribution in [-0.2, 0) is 11.3 Å². The Labute approximate surface area is 120 Å². The molecule has 0 aromatic heterocycles. The van der Waals surface area contributed by atoms with Gasteiger partial charge in [-0.05, 0) is 31.7 Å². The summed E-state index contributed by atoms with van der Waals surface area (Å²) in [5.74, 6) is -0.222. The first-order valence-corrected chi connectivity index (χ1v) is 6.66. The lowest BCUT2D eigenvalue weighted by atomic mass is 10.1. The summed E-state index contributed by atoms with van der Waals surface area (Å²) >= 11 is 0. The summed E-state index contributed by atoms with van der Waals surface area (Å²) in [5, 5.41) is 9.08. The van der Waals surface area contributed by atoms with Crippen LogP contribution in [0.2, 0.25) is 0 Å². The molecule has 1 unspecified atom stereocenters. The van der Waals surface area contributed by atoms with E-state index >= 15 is 0 Å². The maximum atomic E-state index is 11.1. The van der Waals surface area contributed by atoms with Crippen LogP contribution >= 0.6 is 0 Å². The Morgan fingerprint density at radius 2 is 2.10 bits per heavy atom. The Hall–Kier alpha value is -1.59. The topological polar surface area (TPSA) is 59.0 Å². The molecule has 0 aliphatic heterocycles. The fourth-order valence-electron chi connectivity index (χ4n) is 2.18. The summed E-state index contributed by atoms with van der Waals surface area (Å²) in [6.45, 7) is 6.27. The zero-order valence-corrected chi connectivity index (χ0v) is 12.5. The van der Waals surface area contributed by atoms with E-state index in [0.717, 1.165) is 12.1 Å². The highest BCUT2D eigenvalue weighted by Crippen LogP contribution is 2.22. The fourth-order valence-corrected chi connectivity index (χ4v) is 2.18. The van der Waals surface area contributed by atoms with Gasteiger partial charge in [-0.25, -0.2) is 4.79 Å². The molecular formula is C15H23NO4. The Morgan fingerprint density at radius 1 is 1.40 bits per heavy atom. The van der Waals surface area contributed by atoms with Gasteiger partial charge in [-0.1, -0.05) is 6.92 Å². The second-order valence-electron chi connectivity index (χ2n) is 4.70. The van der Waals surface area contributed by atoms with E-state index in [4.69, 9.17) is 14.6 Å². The molecule has 5 nitrogen and oxygen atoms in total. The average Bonchev–Trinajstić information content (AvgIpc) is 2.44. The van der Waals surface area contributed by atoms with Gasteiger partial charge in [0.25, 0.3) is 0 Å². The lowest BCUT2D eigenvalue weighted by Crippen LogP contribution is -2.35. The standard InChI is InChI=1S/C15H23NO4/c1-5-16(11(2)10-19-3)9-13-8-12(15(17)18)6-7-14(13)20-4/h6-8,11H,5,9-10H2,1-4H3,(H,17,18). The highest BCUT2D eigenvalue weighted by molar-refractivity contribution is 5.88. The van der Waals surface area contributed by atoms with Crippen molar-refractivity contribution < 1.29 is 19.4 Å². The third-order valence-corrected chi connectivity index (χ3v) is 3.34. The molecule has 20 heavy (non-hydrogen) atoms. The van der Waals surface area contributed by atoms with Gasteiger partial charge in [-0.2, -0.15) is 0 Å². The van der Waals surface area contributed by atoms with Crippen molar-refractivity contribution in [3.8, 4) is 5.75 Å². The van der Waals surface area contributed by atoms with E-state index in [1.165, 1.54) is 0 Å². The number of carboxylic acid groups (broad SMARTS) is 1. The van der Waals surface area contributed by atoms with E-state index in [-0.39, 0.29) is 11.6 Å². The predicted molar refractivity (Wildman–Crippen MR) is 77.4 cm³/mol. The molecule has 0 saturated carbocycles. The van der Waals surface area contributed by atoms with E-state index < -0.39 is 5.97 Å². The van der Waals surface area contributed by atoms with Gasteiger partial charge in [-0.3, -0.25) is 4.90 Å². The molecule has 1 aromatic carbocycles. The number of ether oxygens (including phenoxy) is 2. The Balaban J connectivity index is 2.98. The van der Waals surface area contributed by atoms with E-state index in [2.05, 4.69) is 18.7 Å². The van der Waals surface area contributed by atoms with Crippen LogP contribution in [0.1, 0.15) is 29.8 Å². The summed E-state index contributed by atoms with van der Waals surface area (Å²) in [7, 11) is 3.27. The van der Waals surface area contributed by atoms with Crippen molar-refractivity contribution in [2.75, 3.05) is 27.4 Å². The molecule has 0 saturated heterocycles. The number of nitrogens with zero attached hydrogens (tertiary/aromatic N) is 1. The summed E-state index contributed by atoms with van der Waals surface area (Å²) in [4.78, 5) is 13.3. The van der Waals surface area contributed by atoms with Crippen LogP contribution in [0, 0.1) is 0 Å². The molecule has 1 atom stereocenters. The molecule has 1 N–H and O–H groups in total. The molecule has 0 spiro atoms. The normalized spacial score (nSPS) is 12.4. The van der Waals surface area contributed by atoms with Gasteiger partial charge in [0.05, 0.1) is 19.3 Å². The third kappa shape index (κ3) is 4.21. The first-order chi connectivity index (χ1) is 9.53. The minimum absolute atomic E-state index is 0.253. The summed E-state index contributed by atoms with van der Waals surface area (Å²) < 4.78 is 10.5. The van der Waals surface area contributed by atoms with Crippen molar-refractivity contribution in [3.63, 3.8) is 0 Å². The smallest absolute Gasteiger partial charge is 0.335 e. The van der Waals surface area contributed by atoms with Crippen LogP contribution in [0.4, 0.5) is 0 Å². The number of methoxy groups -OCH3 is 2. The van der Waals surface area contributed by atoms with Crippen molar-refractivity contribution in [1.82, 2.24) is 4.90 Å². The number of carboxylic acids is 1. The average molecular weight is 281 g/mol. The molecule has 0 radical (unpaired) electrons. The lowest BCUT2D eigenvalue weighted by Gasteiger charge is -2.28. The molecule has 112 valence electrons. The van der Waals surface area contributed by atoms with Crippen LogP contribution < -0.4 is 4.74 Å². The SMILES string of the molecule is CCN(Cc1cc(C(=O)O)ccc1OC)C(C)COC. The van der Waals surface area contributed by atoms with Crippen molar-refractivity contribution in [2.24, 2.45) is 0 Å². The van der Waals surface area contributed by atoms with Crippen molar-refractivity contribution >= 4 is 5.97 Å². The second-order valence-corrected chi connectivity index (χ2v) is 4.70. The van der Waals surface area contributed by atoms with Gasteiger partial charge in [0.1, 0.15) is 5.75 Å². The first kappa shape index (κ1) is 16.5. The highest BCUT2D eigenvalue weighted by atomic mass is 16.5. The zero-order valence-electron chi connectivity index (χ0n) is 12.5. The minimum atomic E-state index is -0.929. The van der Waals surface area contributed by atoms with Crippen molar-refractivity contribution in [2.45, 2.75) is 26.4 Å². The van der Waals surface area contributed by atoms with Gasteiger partial charge in [0.15, 0.2) is 0 Å². The molecule has 0 aliphatic carbocycles. The molecule has 1 aromatic rings. The van der Waals surface area contributed by atoms with Crippen LogP contribution in [-0.4, -0.2) is 49.4 Å². The van der Waals surface area contributed by atoms with Gasteiger partial charge >= 0.3 is 5.97 Å². The van der Waals surface area contributed by atoms with E-state index in [1.54, 1.807) is 32.4 Å². The quantitative estimate of drug-likeness (QED) is 0.792.